The number of aromatic amines is 1. The number of carbonyl (C=O) groups is 2. The molecule has 1 amide bonds. The molecule has 0 aliphatic heterocycles. The van der Waals surface area contributed by atoms with Crippen molar-refractivity contribution in [2.24, 2.45) is 5.73 Å². The number of carbonyl (C=O) groups excluding carboxylic acids is 2. The maximum atomic E-state index is 12.4. The van der Waals surface area contributed by atoms with E-state index in [0.717, 1.165) is 16.5 Å². The van der Waals surface area contributed by atoms with Crippen LogP contribution in [0.15, 0.2) is 30.5 Å². The molecular weight excluding hydrogens is 318 g/mol. The van der Waals surface area contributed by atoms with Gasteiger partial charge in [0.25, 0.3) is 0 Å². The Balaban J connectivity index is 2.03. The third kappa shape index (κ3) is 4.82. The van der Waals surface area contributed by atoms with Crippen molar-refractivity contribution in [1.82, 2.24) is 10.3 Å². The lowest BCUT2D eigenvalue weighted by atomic mass is 10.0. The average molecular weight is 345 g/mol. The van der Waals surface area contributed by atoms with Gasteiger partial charge in [0.2, 0.25) is 5.91 Å². The van der Waals surface area contributed by atoms with E-state index in [0.29, 0.717) is 6.42 Å². The second kappa shape index (κ2) is 6.88. The fraction of sp³-hybridized carbons (Fsp3) is 0.474. The molecule has 0 fully saturated rings. The largest absolute Gasteiger partial charge is 0.458 e. The van der Waals surface area contributed by atoms with Crippen LogP contribution >= 0.6 is 0 Å². The number of nitrogens with one attached hydrogen (secondary N) is 2. The molecule has 25 heavy (non-hydrogen) atoms. The molecule has 6 heteroatoms. The third-order valence-corrected chi connectivity index (χ3v) is 3.80. The smallest absolute Gasteiger partial charge is 0.331 e. The van der Waals surface area contributed by atoms with Crippen LogP contribution in [0.2, 0.25) is 0 Å². The molecule has 1 aromatic carbocycles. The van der Waals surface area contributed by atoms with E-state index in [4.69, 9.17) is 10.5 Å². The number of esters is 1. The minimum absolute atomic E-state index is 0.375. The Hall–Kier alpha value is -2.34. The molecule has 1 atom stereocenters. The number of fused-ring (bicyclic) bond motifs is 1. The van der Waals surface area contributed by atoms with Crippen LogP contribution in [0.4, 0.5) is 0 Å². The third-order valence-electron chi connectivity index (χ3n) is 3.80. The van der Waals surface area contributed by atoms with Crippen molar-refractivity contribution in [2.45, 2.75) is 58.2 Å². The van der Waals surface area contributed by atoms with E-state index in [1.807, 2.05) is 30.5 Å². The van der Waals surface area contributed by atoms with Gasteiger partial charge in [-0.05, 0) is 52.7 Å². The fourth-order valence-electron chi connectivity index (χ4n) is 2.49. The minimum atomic E-state index is -1.15. The molecule has 136 valence electrons. The minimum Gasteiger partial charge on any atom is -0.458 e. The molecule has 1 aromatic heterocycles. The van der Waals surface area contributed by atoms with Gasteiger partial charge in [-0.3, -0.25) is 4.79 Å². The molecule has 0 unspecified atom stereocenters. The lowest BCUT2D eigenvalue weighted by Gasteiger charge is -2.30. The van der Waals surface area contributed by atoms with Crippen molar-refractivity contribution in [1.29, 1.82) is 0 Å². The van der Waals surface area contributed by atoms with Crippen molar-refractivity contribution < 1.29 is 14.3 Å². The first-order valence-corrected chi connectivity index (χ1v) is 8.36. The summed E-state index contributed by atoms with van der Waals surface area (Å²) in [7, 11) is 0. The van der Waals surface area contributed by atoms with E-state index in [9.17, 15) is 9.59 Å². The van der Waals surface area contributed by atoms with Gasteiger partial charge in [0, 0.05) is 17.1 Å². The first-order valence-electron chi connectivity index (χ1n) is 8.36. The van der Waals surface area contributed by atoms with E-state index in [1.54, 1.807) is 34.6 Å². The number of amides is 1. The molecule has 4 N–H and O–H groups in total. The van der Waals surface area contributed by atoms with Crippen LogP contribution in [0.1, 0.15) is 40.2 Å². The molecule has 0 bridgehead atoms. The lowest BCUT2D eigenvalue weighted by molar-refractivity contribution is -0.163. The maximum absolute atomic E-state index is 12.4. The van der Waals surface area contributed by atoms with Crippen LogP contribution in [-0.2, 0) is 20.7 Å². The van der Waals surface area contributed by atoms with Crippen molar-refractivity contribution >= 4 is 22.8 Å². The normalized spacial score (nSPS) is 13.5. The summed E-state index contributed by atoms with van der Waals surface area (Å²) in [6, 6.07) is 7.07. The number of para-hydroxylation sites is 1. The monoisotopic (exact) mass is 345 g/mol. The molecular formula is C19H27N3O3. The molecule has 1 heterocycles. The summed E-state index contributed by atoms with van der Waals surface area (Å²) in [6.45, 7) is 8.57. The zero-order valence-corrected chi connectivity index (χ0v) is 15.5. The van der Waals surface area contributed by atoms with Crippen molar-refractivity contribution in [2.75, 3.05) is 0 Å². The predicted octanol–water partition coefficient (Wildman–Crippen LogP) is 2.27. The Bertz CT molecular complexity index is 772. The molecule has 2 rings (SSSR count). The summed E-state index contributed by atoms with van der Waals surface area (Å²) >= 11 is 0. The fourth-order valence-corrected chi connectivity index (χ4v) is 2.49. The zero-order valence-electron chi connectivity index (χ0n) is 15.5. The second-order valence-electron chi connectivity index (χ2n) is 7.79. The molecule has 2 aromatic rings. The topological polar surface area (TPSA) is 97.2 Å². The zero-order chi connectivity index (χ0) is 18.8. The van der Waals surface area contributed by atoms with E-state index in [2.05, 4.69) is 10.3 Å². The first-order chi connectivity index (χ1) is 11.5. The van der Waals surface area contributed by atoms with Gasteiger partial charge in [-0.2, -0.15) is 0 Å². The van der Waals surface area contributed by atoms with Gasteiger partial charge in [-0.1, -0.05) is 18.2 Å². The summed E-state index contributed by atoms with van der Waals surface area (Å²) in [5.74, 6) is -0.881. The Labute approximate surface area is 148 Å². The first kappa shape index (κ1) is 19.0. The van der Waals surface area contributed by atoms with E-state index in [-0.39, 0.29) is 5.91 Å². The molecule has 0 saturated carbocycles. The van der Waals surface area contributed by atoms with E-state index in [1.165, 1.54) is 0 Å². The van der Waals surface area contributed by atoms with Gasteiger partial charge in [-0.15, -0.1) is 0 Å². The second-order valence-corrected chi connectivity index (χ2v) is 7.79. The molecule has 0 radical (unpaired) electrons. The Kier molecular flexibility index (Phi) is 5.23. The van der Waals surface area contributed by atoms with Crippen LogP contribution in [0.3, 0.4) is 0 Å². The van der Waals surface area contributed by atoms with Gasteiger partial charge >= 0.3 is 5.97 Å². The van der Waals surface area contributed by atoms with Crippen molar-refractivity contribution in [3.8, 4) is 0 Å². The standard InChI is InChI=1S/C19H27N3O3/c1-18(2,3)25-17(24)19(4,5)22-16(23)14(20)10-12-11-21-15-9-7-6-8-13(12)15/h6-9,11,14,21H,10,20H2,1-5H3,(H,22,23)/t14-/m1/s1. The highest BCUT2D eigenvalue weighted by molar-refractivity contribution is 5.91. The maximum Gasteiger partial charge on any atom is 0.331 e. The SMILES string of the molecule is CC(C)(C)OC(=O)C(C)(C)NC(=O)[C@H](N)Cc1c[nH]c2ccccc12. The van der Waals surface area contributed by atoms with Gasteiger partial charge in [-0.25, -0.2) is 4.79 Å². The van der Waals surface area contributed by atoms with Crippen molar-refractivity contribution in [3.05, 3.63) is 36.0 Å². The molecule has 0 aliphatic carbocycles. The molecule has 0 spiro atoms. The summed E-state index contributed by atoms with van der Waals surface area (Å²) in [5.41, 5.74) is 6.25. The van der Waals surface area contributed by atoms with Gasteiger partial charge in [0.05, 0.1) is 6.04 Å². The van der Waals surface area contributed by atoms with Crippen LogP contribution in [0.5, 0.6) is 0 Å². The lowest BCUT2D eigenvalue weighted by Crippen LogP contribution is -2.56. The highest BCUT2D eigenvalue weighted by atomic mass is 16.6. The van der Waals surface area contributed by atoms with E-state index >= 15 is 0 Å². The van der Waals surface area contributed by atoms with Crippen LogP contribution in [0.25, 0.3) is 10.9 Å². The molecule has 0 saturated heterocycles. The Morgan fingerprint density at radius 1 is 1.20 bits per heavy atom. The number of benzene rings is 1. The number of nitrogens with two attached hydrogens (primary N) is 1. The van der Waals surface area contributed by atoms with Crippen LogP contribution in [0, 0.1) is 0 Å². The quantitative estimate of drug-likeness (QED) is 0.724. The Morgan fingerprint density at radius 3 is 2.48 bits per heavy atom. The highest BCUT2D eigenvalue weighted by Gasteiger charge is 2.35. The molecule has 6 nitrogen and oxygen atoms in total. The number of aromatic nitrogens is 1. The predicted molar refractivity (Wildman–Crippen MR) is 98.0 cm³/mol. The van der Waals surface area contributed by atoms with Crippen LogP contribution < -0.4 is 11.1 Å². The molecule has 0 aliphatic rings. The number of hydrogen-bond donors (Lipinski definition) is 3. The van der Waals surface area contributed by atoms with Gasteiger partial charge in [0.1, 0.15) is 11.1 Å². The van der Waals surface area contributed by atoms with Crippen molar-refractivity contribution in [3.63, 3.8) is 0 Å². The summed E-state index contributed by atoms with van der Waals surface area (Å²) < 4.78 is 5.35. The number of hydrogen-bond acceptors (Lipinski definition) is 4. The van der Waals surface area contributed by atoms with E-state index < -0.39 is 23.2 Å². The summed E-state index contributed by atoms with van der Waals surface area (Å²) in [4.78, 5) is 27.8. The van der Waals surface area contributed by atoms with Crippen LogP contribution in [-0.4, -0.2) is 34.0 Å². The summed E-state index contributed by atoms with van der Waals surface area (Å²) in [6.07, 6.45) is 2.23. The number of ether oxygens (including phenoxy) is 1. The summed E-state index contributed by atoms with van der Waals surface area (Å²) in [5, 5.41) is 3.73. The number of rotatable bonds is 5. The van der Waals surface area contributed by atoms with Gasteiger partial charge in [0.15, 0.2) is 0 Å². The number of H-pyrrole nitrogens is 1. The highest BCUT2D eigenvalue weighted by Crippen LogP contribution is 2.19. The Morgan fingerprint density at radius 2 is 1.84 bits per heavy atom. The average Bonchev–Trinajstić information content (AvgIpc) is 2.88. The van der Waals surface area contributed by atoms with Gasteiger partial charge < -0.3 is 20.8 Å².